The molecule has 0 aliphatic rings. The van der Waals surface area contributed by atoms with Gasteiger partial charge >= 0.3 is 0 Å². The molecule has 0 fully saturated rings. The highest BCUT2D eigenvalue weighted by molar-refractivity contribution is 7.22. The number of nitrogens with zero attached hydrogens (tertiary/aromatic N) is 3. The third-order valence-corrected chi connectivity index (χ3v) is 3.64. The first-order chi connectivity index (χ1) is 10.2. The van der Waals surface area contributed by atoms with E-state index in [2.05, 4.69) is 20.3 Å². The predicted molar refractivity (Wildman–Crippen MR) is 80.6 cm³/mol. The fraction of sp³-hybridized carbons (Fsp3) is 0.0769. The van der Waals surface area contributed by atoms with Crippen LogP contribution in [0.2, 0.25) is 0 Å². The Morgan fingerprint density at radius 2 is 2.19 bits per heavy atom. The van der Waals surface area contributed by atoms with Crippen molar-refractivity contribution in [3.63, 3.8) is 0 Å². The summed E-state index contributed by atoms with van der Waals surface area (Å²) >= 11 is 1.35. The van der Waals surface area contributed by atoms with Gasteiger partial charge < -0.3 is 10.5 Å². The Hall–Kier alpha value is -2.74. The summed E-state index contributed by atoms with van der Waals surface area (Å²) in [6, 6.07) is 5.51. The van der Waals surface area contributed by atoms with E-state index < -0.39 is 5.91 Å². The minimum atomic E-state index is -0.402. The summed E-state index contributed by atoms with van der Waals surface area (Å²) in [6.45, 7) is 0. The number of rotatable bonds is 3. The number of nitrogen functional groups attached to an aromatic ring is 1. The van der Waals surface area contributed by atoms with Gasteiger partial charge in [-0.3, -0.25) is 15.1 Å². The van der Waals surface area contributed by atoms with E-state index in [9.17, 15) is 4.79 Å². The average Bonchev–Trinajstić information content (AvgIpc) is 2.88. The first-order valence-electron chi connectivity index (χ1n) is 5.99. The fourth-order valence-corrected chi connectivity index (χ4v) is 2.63. The second-order valence-electron chi connectivity index (χ2n) is 4.14. The van der Waals surface area contributed by atoms with Crippen molar-refractivity contribution in [3.8, 4) is 5.75 Å². The molecule has 1 amide bonds. The molecule has 0 radical (unpaired) electrons. The number of nitrogens with two attached hydrogens (primary N) is 1. The van der Waals surface area contributed by atoms with Crippen LogP contribution in [0.15, 0.2) is 30.6 Å². The second kappa shape index (κ2) is 5.33. The number of hydrogen-bond donors (Lipinski definition) is 2. The molecule has 0 aliphatic carbocycles. The summed E-state index contributed by atoms with van der Waals surface area (Å²) < 4.78 is 6.07. The van der Waals surface area contributed by atoms with Crippen molar-refractivity contribution < 1.29 is 9.53 Å². The second-order valence-corrected chi connectivity index (χ2v) is 5.17. The zero-order chi connectivity index (χ0) is 14.8. The van der Waals surface area contributed by atoms with Crippen LogP contribution in [-0.4, -0.2) is 28.0 Å². The number of carbonyl (C=O) groups is 1. The summed E-state index contributed by atoms with van der Waals surface area (Å²) in [5, 5.41) is 3.16. The van der Waals surface area contributed by atoms with E-state index in [0.29, 0.717) is 5.13 Å². The number of nitrogens with one attached hydrogen (secondary N) is 1. The topological polar surface area (TPSA) is 103 Å². The number of anilines is 2. The normalized spacial score (nSPS) is 10.5. The highest BCUT2D eigenvalue weighted by atomic mass is 32.1. The van der Waals surface area contributed by atoms with E-state index in [-0.39, 0.29) is 11.5 Å². The van der Waals surface area contributed by atoms with Crippen LogP contribution in [0.1, 0.15) is 10.5 Å². The Kier molecular flexibility index (Phi) is 3.36. The molecule has 3 aromatic rings. The van der Waals surface area contributed by atoms with Gasteiger partial charge in [0.1, 0.15) is 17.3 Å². The minimum absolute atomic E-state index is 0.145. The molecule has 3 rings (SSSR count). The zero-order valence-corrected chi connectivity index (χ0v) is 11.8. The van der Waals surface area contributed by atoms with Crippen LogP contribution >= 0.6 is 11.3 Å². The van der Waals surface area contributed by atoms with Crippen molar-refractivity contribution >= 4 is 38.4 Å². The van der Waals surface area contributed by atoms with Crippen LogP contribution in [0.5, 0.6) is 5.75 Å². The van der Waals surface area contributed by atoms with Gasteiger partial charge in [-0.2, -0.15) is 0 Å². The van der Waals surface area contributed by atoms with Crippen molar-refractivity contribution in [1.82, 2.24) is 15.0 Å². The molecule has 0 atom stereocenters. The fourth-order valence-electron chi connectivity index (χ4n) is 1.74. The standard InChI is InChI=1S/C13H11N5O2S/c1-20-7-2-3-8-10(4-7)21-13(17-8)18-12(19)9-5-15-6-11(14)16-9/h2-6H,1H3,(H2,14,16)(H,17,18,19). The van der Waals surface area contributed by atoms with E-state index >= 15 is 0 Å². The Bertz CT molecular complexity index is 817. The summed E-state index contributed by atoms with van der Waals surface area (Å²) in [5.41, 5.74) is 6.43. The van der Waals surface area contributed by atoms with Crippen LogP contribution < -0.4 is 15.8 Å². The molecule has 0 saturated carbocycles. The summed E-state index contributed by atoms with van der Waals surface area (Å²) in [6.07, 6.45) is 2.72. The monoisotopic (exact) mass is 301 g/mol. The molecule has 0 bridgehead atoms. The first-order valence-corrected chi connectivity index (χ1v) is 6.81. The van der Waals surface area contributed by atoms with Gasteiger partial charge in [-0.25, -0.2) is 9.97 Å². The minimum Gasteiger partial charge on any atom is -0.497 e. The first kappa shape index (κ1) is 13.3. The number of thiazole rings is 1. The van der Waals surface area contributed by atoms with Crippen LogP contribution in [0.3, 0.4) is 0 Å². The number of hydrogen-bond acceptors (Lipinski definition) is 7. The molecule has 0 unspecified atom stereocenters. The highest BCUT2D eigenvalue weighted by Crippen LogP contribution is 2.29. The molecule has 21 heavy (non-hydrogen) atoms. The van der Waals surface area contributed by atoms with Gasteiger partial charge in [0.25, 0.3) is 5.91 Å². The number of amides is 1. The van der Waals surface area contributed by atoms with Gasteiger partial charge in [-0.05, 0) is 18.2 Å². The van der Waals surface area contributed by atoms with Crippen LogP contribution in [0, 0.1) is 0 Å². The number of ether oxygens (including phenoxy) is 1. The lowest BCUT2D eigenvalue weighted by Gasteiger charge is -2.00. The molecule has 0 aliphatic heterocycles. The van der Waals surface area contributed by atoms with E-state index in [4.69, 9.17) is 10.5 Å². The van der Waals surface area contributed by atoms with Gasteiger partial charge in [0.15, 0.2) is 5.13 Å². The van der Waals surface area contributed by atoms with Crippen molar-refractivity contribution in [2.75, 3.05) is 18.2 Å². The Morgan fingerprint density at radius 3 is 2.95 bits per heavy atom. The number of aromatic nitrogens is 3. The van der Waals surface area contributed by atoms with Crippen molar-refractivity contribution in [2.45, 2.75) is 0 Å². The molecule has 2 aromatic heterocycles. The highest BCUT2D eigenvalue weighted by Gasteiger charge is 2.12. The lowest BCUT2D eigenvalue weighted by molar-refractivity contribution is 0.102. The predicted octanol–water partition coefficient (Wildman–Crippen LogP) is 1.93. The molecule has 0 saturated heterocycles. The largest absolute Gasteiger partial charge is 0.497 e. The quantitative estimate of drug-likeness (QED) is 0.766. The number of carbonyl (C=O) groups excluding carboxylic acids is 1. The van der Waals surface area contributed by atoms with Crippen LogP contribution in [0.4, 0.5) is 10.9 Å². The average molecular weight is 301 g/mol. The zero-order valence-electron chi connectivity index (χ0n) is 11.0. The maximum atomic E-state index is 12.0. The van der Waals surface area contributed by atoms with Crippen molar-refractivity contribution in [2.24, 2.45) is 0 Å². The third-order valence-electron chi connectivity index (χ3n) is 2.70. The summed E-state index contributed by atoms with van der Waals surface area (Å²) in [4.78, 5) is 24.1. The molecular weight excluding hydrogens is 290 g/mol. The number of benzene rings is 1. The smallest absolute Gasteiger partial charge is 0.277 e. The van der Waals surface area contributed by atoms with E-state index in [1.807, 2.05) is 18.2 Å². The summed E-state index contributed by atoms with van der Waals surface area (Å²) in [5.74, 6) is 0.531. The molecule has 2 heterocycles. The SMILES string of the molecule is COc1ccc2nc(NC(=O)c3cncc(N)n3)sc2c1. The van der Waals surface area contributed by atoms with E-state index in [1.54, 1.807) is 7.11 Å². The molecule has 3 N–H and O–H groups in total. The third kappa shape index (κ3) is 2.75. The number of methoxy groups -OCH3 is 1. The summed E-state index contributed by atoms with van der Waals surface area (Å²) in [7, 11) is 1.60. The molecule has 0 spiro atoms. The Morgan fingerprint density at radius 1 is 1.33 bits per heavy atom. The lowest BCUT2D eigenvalue weighted by atomic mass is 10.3. The maximum Gasteiger partial charge on any atom is 0.277 e. The van der Waals surface area contributed by atoms with Crippen molar-refractivity contribution in [3.05, 3.63) is 36.3 Å². The molecule has 106 valence electrons. The van der Waals surface area contributed by atoms with E-state index in [0.717, 1.165) is 16.0 Å². The number of fused-ring (bicyclic) bond motifs is 1. The van der Waals surface area contributed by atoms with Crippen molar-refractivity contribution in [1.29, 1.82) is 0 Å². The van der Waals surface area contributed by atoms with Crippen LogP contribution in [0.25, 0.3) is 10.2 Å². The molecule has 1 aromatic carbocycles. The van der Waals surface area contributed by atoms with Gasteiger partial charge in [0, 0.05) is 0 Å². The van der Waals surface area contributed by atoms with Gasteiger partial charge in [-0.1, -0.05) is 11.3 Å². The van der Waals surface area contributed by atoms with Gasteiger partial charge in [0.05, 0.1) is 29.7 Å². The maximum absolute atomic E-state index is 12.0. The molecule has 8 heteroatoms. The van der Waals surface area contributed by atoms with E-state index in [1.165, 1.54) is 23.7 Å². The molecule has 7 nitrogen and oxygen atoms in total. The molecular formula is C13H11N5O2S. The van der Waals surface area contributed by atoms with Crippen LogP contribution in [-0.2, 0) is 0 Å². The van der Waals surface area contributed by atoms with Gasteiger partial charge in [-0.15, -0.1) is 0 Å². The van der Waals surface area contributed by atoms with Gasteiger partial charge in [0.2, 0.25) is 0 Å². The Balaban J connectivity index is 1.86. The Labute approximate surface area is 123 Å². The lowest BCUT2D eigenvalue weighted by Crippen LogP contribution is -2.14.